The Kier molecular flexibility index (Phi) is 4.00. The summed E-state index contributed by atoms with van der Waals surface area (Å²) in [5.74, 6) is -4.56. The van der Waals surface area contributed by atoms with Crippen molar-refractivity contribution < 1.29 is 37.3 Å². The second kappa shape index (κ2) is 5.63. The van der Waals surface area contributed by atoms with Crippen LogP contribution in [0.5, 0.6) is 5.75 Å². The molecule has 2 N–H and O–H groups in total. The maximum atomic E-state index is 11.8. The summed E-state index contributed by atoms with van der Waals surface area (Å²) < 4.78 is 30.7. The molecule has 1 aromatic rings. The predicted molar refractivity (Wildman–Crippen MR) is 70.1 cm³/mol. The second-order valence-electron chi connectivity index (χ2n) is 4.41. The molecule has 2 rings (SSSR count). The van der Waals surface area contributed by atoms with Crippen LogP contribution in [0.2, 0.25) is 0 Å². The lowest BCUT2D eigenvalue weighted by Gasteiger charge is -2.13. The van der Waals surface area contributed by atoms with E-state index >= 15 is 0 Å². The van der Waals surface area contributed by atoms with Gasteiger partial charge in [-0.1, -0.05) is 0 Å². The van der Waals surface area contributed by atoms with E-state index in [-0.39, 0.29) is 10.8 Å². The Hall–Kier alpha value is -3.04. The van der Waals surface area contributed by atoms with E-state index in [1.54, 1.807) is 0 Å². The molecule has 1 saturated heterocycles. The largest absolute Gasteiger partial charge is 0.507 e. The lowest BCUT2D eigenvalue weighted by molar-refractivity contribution is -0.172. The summed E-state index contributed by atoms with van der Waals surface area (Å²) in [4.78, 5) is 42.3. The number of phenolic OH excluding ortho intramolecular Hbond substituents is 1. The van der Waals surface area contributed by atoms with Crippen molar-refractivity contribution in [2.45, 2.75) is 11.7 Å². The third-order valence-corrected chi connectivity index (χ3v) is 4.00. The summed E-state index contributed by atoms with van der Waals surface area (Å²) in [6.07, 6.45) is -0.876. The standard InChI is InChI=1S/C11H7N3O8S/c12-13-5-1-2-6(7(15)3-5)11(18)22-14-9(16)4-8(10(14)17)23(19,20)21/h1-3,8H,4H2,(H-,15,18,19,20,21)/p+1. The first-order valence-corrected chi connectivity index (χ1v) is 7.39. The first kappa shape index (κ1) is 16.3. The SMILES string of the molecule is N#[N+]c1ccc(C(=O)ON2C(=O)CC(S(=O)(=O)O)C2=O)c(O)c1. The Morgan fingerprint density at radius 2 is 2.04 bits per heavy atom. The van der Waals surface area contributed by atoms with Crippen LogP contribution in [0, 0.1) is 5.39 Å². The minimum Gasteiger partial charge on any atom is -0.507 e. The number of nitrogens with zero attached hydrogens (tertiary/aromatic N) is 3. The first-order valence-electron chi connectivity index (χ1n) is 5.88. The number of phenols is 1. The molecule has 1 heterocycles. The van der Waals surface area contributed by atoms with E-state index < -0.39 is 50.9 Å². The van der Waals surface area contributed by atoms with Gasteiger partial charge in [-0.05, 0) is 6.07 Å². The van der Waals surface area contributed by atoms with E-state index in [0.717, 1.165) is 18.2 Å². The molecule has 1 fully saturated rings. The van der Waals surface area contributed by atoms with E-state index in [1.807, 2.05) is 0 Å². The minimum absolute atomic E-state index is 0.0705. The van der Waals surface area contributed by atoms with Crippen molar-refractivity contribution in [1.82, 2.24) is 5.06 Å². The lowest BCUT2D eigenvalue weighted by Crippen LogP contribution is -2.36. The summed E-state index contributed by atoms with van der Waals surface area (Å²) in [5.41, 5.74) is -0.535. The summed E-state index contributed by atoms with van der Waals surface area (Å²) in [7, 11) is -4.83. The van der Waals surface area contributed by atoms with Gasteiger partial charge in [0.25, 0.3) is 21.9 Å². The Bertz CT molecular complexity index is 857. The van der Waals surface area contributed by atoms with Gasteiger partial charge >= 0.3 is 11.7 Å². The van der Waals surface area contributed by atoms with Crippen LogP contribution in [0.3, 0.4) is 0 Å². The van der Waals surface area contributed by atoms with Gasteiger partial charge in [0, 0.05) is 6.07 Å². The van der Waals surface area contributed by atoms with Gasteiger partial charge in [-0.2, -0.15) is 8.42 Å². The average Bonchev–Trinajstić information content (AvgIpc) is 2.74. The van der Waals surface area contributed by atoms with Gasteiger partial charge in [0.2, 0.25) is 5.39 Å². The van der Waals surface area contributed by atoms with Gasteiger partial charge < -0.3 is 9.94 Å². The molecule has 1 aromatic carbocycles. The van der Waals surface area contributed by atoms with Gasteiger partial charge in [-0.15, -0.1) is 5.06 Å². The van der Waals surface area contributed by atoms with Crippen LogP contribution in [0.4, 0.5) is 5.69 Å². The fourth-order valence-electron chi connectivity index (χ4n) is 1.80. The maximum Gasteiger partial charge on any atom is 0.388 e. The monoisotopic (exact) mass is 342 g/mol. The molecule has 11 nitrogen and oxygen atoms in total. The van der Waals surface area contributed by atoms with Gasteiger partial charge in [0.1, 0.15) is 11.3 Å². The predicted octanol–water partition coefficient (Wildman–Crippen LogP) is -0.0361. The van der Waals surface area contributed by atoms with Crippen molar-refractivity contribution in [3.05, 3.63) is 28.7 Å². The summed E-state index contributed by atoms with van der Waals surface area (Å²) in [5, 5.41) is 16.0. The number of benzene rings is 1. The number of diazo groups is 1. The van der Waals surface area contributed by atoms with E-state index in [0.29, 0.717) is 0 Å². The first-order chi connectivity index (χ1) is 10.6. The van der Waals surface area contributed by atoms with Crippen molar-refractivity contribution in [3.63, 3.8) is 0 Å². The van der Waals surface area contributed by atoms with Crippen molar-refractivity contribution in [1.29, 1.82) is 5.39 Å². The van der Waals surface area contributed by atoms with Crippen molar-refractivity contribution >= 4 is 33.6 Å². The molecule has 2 amide bonds. The van der Waals surface area contributed by atoms with Crippen LogP contribution in [-0.4, -0.2) is 46.2 Å². The van der Waals surface area contributed by atoms with Crippen molar-refractivity contribution in [2.24, 2.45) is 0 Å². The fraction of sp³-hybridized carbons (Fsp3) is 0.182. The number of rotatable bonds is 3. The van der Waals surface area contributed by atoms with Crippen LogP contribution in [0.15, 0.2) is 18.2 Å². The summed E-state index contributed by atoms with van der Waals surface area (Å²) in [6, 6.07) is 3.04. The fourth-order valence-corrected chi connectivity index (χ4v) is 2.50. The molecule has 1 unspecified atom stereocenters. The smallest absolute Gasteiger partial charge is 0.388 e. The van der Waals surface area contributed by atoms with Gasteiger partial charge in [0.15, 0.2) is 10.2 Å². The molecule has 0 aromatic heterocycles. The zero-order chi connectivity index (χ0) is 17.4. The van der Waals surface area contributed by atoms with Crippen LogP contribution < -0.4 is 0 Å². The average molecular weight is 342 g/mol. The highest BCUT2D eigenvalue weighted by Crippen LogP contribution is 2.26. The molecule has 0 saturated carbocycles. The molecule has 1 aliphatic heterocycles. The molecule has 1 atom stereocenters. The van der Waals surface area contributed by atoms with E-state index in [2.05, 4.69) is 9.81 Å². The maximum absolute atomic E-state index is 11.8. The van der Waals surface area contributed by atoms with Crippen LogP contribution in [-0.2, 0) is 24.5 Å². The van der Waals surface area contributed by atoms with E-state index in [9.17, 15) is 27.9 Å². The Balaban J connectivity index is 2.23. The Labute approximate surface area is 128 Å². The molecule has 0 aliphatic carbocycles. The lowest BCUT2D eigenvalue weighted by atomic mass is 10.2. The topological polar surface area (TPSA) is 166 Å². The van der Waals surface area contributed by atoms with Gasteiger partial charge in [0.05, 0.1) is 12.5 Å². The van der Waals surface area contributed by atoms with Crippen LogP contribution in [0.25, 0.3) is 4.98 Å². The highest BCUT2D eigenvalue weighted by molar-refractivity contribution is 7.87. The molecule has 12 heteroatoms. The highest BCUT2D eigenvalue weighted by atomic mass is 32.2. The quantitative estimate of drug-likeness (QED) is 0.435. The summed E-state index contributed by atoms with van der Waals surface area (Å²) in [6.45, 7) is 0. The number of hydrogen-bond donors (Lipinski definition) is 2. The highest BCUT2D eigenvalue weighted by Gasteiger charge is 2.48. The Morgan fingerprint density at radius 3 is 2.52 bits per heavy atom. The summed E-state index contributed by atoms with van der Waals surface area (Å²) >= 11 is 0. The number of amides is 2. The number of aromatic hydroxyl groups is 1. The molecule has 0 bridgehead atoms. The molecular weight excluding hydrogens is 334 g/mol. The molecule has 0 spiro atoms. The zero-order valence-corrected chi connectivity index (χ0v) is 11.9. The molecule has 1 aliphatic rings. The number of hydrogen-bond acceptors (Lipinski definition) is 8. The van der Waals surface area contributed by atoms with Crippen molar-refractivity contribution in [2.75, 3.05) is 0 Å². The van der Waals surface area contributed by atoms with Crippen LogP contribution >= 0.6 is 0 Å². The van der Waals surface area contributed by atoms with Crippen molar-refractivity contribution in [3.8, 4) is 5.75 Å². The number of imide groups is 1. The van der Waals surface area contributed by atoms with E-state index in [1.165, 1.54) is 0 Å². The van der Waals surface area contributed by atoms with Crippen LogP contribution in [0.1, 0.15) is 16.8 Å². The molecule has 120 valence electrons. The second-order valence-corrected chi connectivity index (χ2v) is 6.01. The minimum atomic E-state index is -4.83. The zero-order valence-electron chi connectivity index (χ0n) is 11.1. The van der Waals surface area contributed by atoms with Gasteiger partial charge in [-0.25, -0.2) is 4.79 Å². The third kappa shape index (κ3) is 3.10. The molecular formula is C11H8N3O8S+. The number of carbonyl (C=O) groups excluding carboxylic acids is 3. The Morgan fingerprint density at radius 1 is 1.39 bits per heavy atom. The number of carbonyl (C=O) groups is 3. The molecule has 0 radical (unpaired) electrons. The normalized spacial score (nSPS) is 17.9. The van der Waals surface area contributed by atoms with E-state index in [4.69, 9.17) is 9.95 Å². The van der Waals surface area contributed by atoms with Gasteiger partial charge in [-0.3, -0.25) is 14.1 Å². The number of hydroxylamine groups is 2. The molecule has 23 heavy (non-hydrogen) atoms. The third-order valence-electron chi connectivity index (χ3n) is 2.91.